The number of benzene rings is 3. The molecule has 1 amide bonds. The lowest BCUT2D eigenvalue weighted by molar-refractivity contribution is -0.625. The van der Waals surface area contributed by atoms with Gasteiger partial charge in [0.15, 0.2) is 11.5 Å². The molecule has 0 aliphatic carbocycles. The molecule has 0 radical (unpaired) electrons. The minimum atomic E-state index is -0.352. The van der Waals surface area contributed by atoms with Gasteiger partial charge in [0.25, 0.3) is 11.7 Å². The molecular formula is C27H27N5O5S. The number of nitrogens with zero attached hydrogens (tertiary/aromatic N) is 3. The highest BCUT2D eigenvalue weighted by atomic mass is 32.2. The second-order valence-corrected chi connectivity index (χ2v) is 8.73. The SMILES string of the molecule is CCOc1cccc(C=NNC(=O)CSc2n[nH]c(-c3ccc(OC)c(OC)c3)[n+]2-c2ccccc2)c1[O-]. The van der Waals surface area contributed by atoms with Crippen molar-refractivity contribution in [3.8, 4) is 40.1 Å². The van der Waals surface area contributed by atoms with Crippen LogP contribution >= 0.6 is 11.8 Å². The first-order valence-corrected chi connectivity index (χ1v) is 12.7. The lowest BCUT2D eigenvalue weighted by Gasteiger charge is -2.15. The molecule has 4 rings (SSSR count). The number of carbonyl (C=O) groups excluding carboxylic acids is 1. The van der Waals surface area contributed by atoms with E-state index in [1.807, 2.05) is 53.1 Å². The van der Waals surface area contributed by atoms with E-state index in [0.717, 1.165) is 11.3 Å². The van der Waals surface area contributed by atoms with Crippen LogP contribution in [0.4, 0.5) is 0 Å². The number of hydrogen-bond acceptors (Lipinski definition) is 8. The predicted octanol–water partition coefficient (Wildman–Crippen LogP) is 3.09. The first-order chi connectivity index (χ1) is 18.5. The van der Waals surface area contributed by atoms with Gasteiger partial charge in [-0.25, -0.2) is 5.43 Å². The van der Waals surface area contributed by atoms with Gasteiger partial charge in [-0.2, -0.15) is 9.67 Å². The standard InChI is InChI=1S/C27H27N5O5S/c1-4-37-22-12-8-9-19(25(22)34)16-28-29-24(33)17-38-27-31-30-26(32(27)20-10-6-5-7-11-20)18-13-14-21(35-2)23(15-18)36-3/h5-16H,4,17H2,1-3H3,(H2,28,29,33,34). The number of aromatic nitrogens is 3. The van der Waals surface area contributed by atoms with Crippen molar-refractivity contribution in [3.05, 3.63) is 72.3 Å². The number of hydrazone groups is 1. The first-order valence-electron chi connectivity index (χ1n) is 11.7. The molecule has 0 spiro atoms. The molecule has 0 bridgehead atoms. The van der Waals surface area contributed by atoms with Crippen molar-refractivity contribution in [2.45, 2.75) is 12.1 Å². The van der Waals surface area contributed by atoms with Gasteiger partial charge in [0.1, 0.15) is 11.4 Å². The van der Waals surface area contributed by atoms with Crippen molar-refractivity contribution in [3.63, 3.8) is 0 Å². The van der Waals surface area contributed by atoms with E-state index in [2.05, 4.69) is 20.7 Å². The smallest absolute Gasteiger partial charge is 0.342 e. The first kappa shape index (κ1) is 26.6. The summed E-state index contributed by atoms with van der Waals surface area (Å²) in [5.74, 6) is 1.55. The minimum Gasteiger partial charge on any atom is -0.870 e. The number of nitrogens with one attached hydrogen (secondary N) is 2. The van der Waals surface area contributed by atoms with Gasteiger partial charge >= 0.3 is 5.16 Å². The maximum Gasteiger partial charge on any atom is 0.342 e. The van der Waals surface area contributed by atoms with Crippen LogP contribution in [-0.4, -0.2) is 48.9 Å². The van der Waals surface area contributed by atoms with Crippen LogP contribution in [0.1, 0.15) is 12.5 Å². The van der Waals surface area contributed by atoms with Gasteiger partial charge in [-0.3, -0.25) is 4.79 Å². The van der Waals surface area contributed by atoms with Gasteiger partial charge in [-0.15, -0.1) is 5.10 Å². The molecule has 0 atom stereocenters. The highest BCUT2D eigenvalue weighted by Gasteiger charge is 2.25. The maximum atomic E-state index is 12.5. The lowest BCUT2D eigenvalue weighted by atomic mass is 10.2. The quantitative estimate of drug-likeness (QED) is 0.131. The molecule has 3 aromatic carbocycles. The van der Waals surface area contributed by atoms with Crippen LogP contribution < -0.4 is 29.3 Å². The lowest BCUT2D eigenvalue weighted by Crippen LogP contribution is -2.34. The number of aromatic amines is 1. The van der Waals surface area contributed by atoms with Gasteiger partial charge in [0, 0.05) is 0 Å². The molecule has 196 valence electrons. The zero-order chi connectivity index (χ0) is 26.9. The Balaban J connectivity index is 1.51. The molecule has 1 aromatic heterocycles. The Labute approximate surface area is 224 Å². The highest BCUT2D eigenvalue weighted by Crippen LogP contribution is 2.31. The van der Waals surface area contributed by atoms with E-state index in [0.29, 0.717) is 34.7 Å². The zero-order valence-corrected chi connectivity index (χ0v) is 22.0. The molecule has 0 aliphatic heterocycles. The number of thioether (sulfide) groups is 1. The Morgan fingerprint density at radius 3 is 2.61 bits per heavy atom. The molecule has 0 fully saturated rings. The number of amides is 1. The summed E-state index contributed by atoms with van der Waals surface area (Å²) in [6.07, 6.45) is 1.31. The summed E-state index contributed by atoms with van der Waals surface area (Å²) < 4.78 is 18.0. The summed E-state index contributed by atoms with van der Waals surface area (Å²) in [5.41, 5.74) is 4.46. The molecule has 1 heterocycles. The van der Waals surface area contributed by atoms with Crippen LogP contribution in [0.3, 0.4) is 0 Å². The van der Waals surface area contributed by atoms with Gasteiger partial charge in [-0.1, -0.05) is 36.1 Å². The summed E-state index contributed by atoms with van der Waals surface area (Å²) in [6, 6.07) is 20.1. The normalized spacial score (nSPS) is 10.9. The fourth-order valence-corrected chi connectivity index (χ4v) is 4.39. The van der Waals surface area contributed by atoms with Crippen molar-refractivity contribution in [2.75, 3.05) is 26.6 Å². The Kier molecular flexibility index (Phi) is 8.83. The summed E-state index contributed by atoms with van der Waals surface area (Å²) in [6.45, 7) is 2.18. The van der Waals surface area contributed by atoms with Crippen molar-refractivity contribution >= 4 is 23.9 Å². The van der Waals surface area contributed by atoms with Gasteiger partial charge < -0.3 is 19.3 Å². The van der Waals surface area contributed by atoms with E-state index in [1.54, 1.807) is 39.3 Å². The summed E-state index contributed by atoms with van der Waals surface area (Å²) in [7, 11) is 3.16. The molecule has 0 saturated heterocycles. The monoisotopic (exact) mass is 533 g/mol. The molecule has 0 aliphatic rings. The fraction of sp³-hybridized carbons (Fsp3) is 0.185. The topological polar surface area (TPSA) is 125 Å². The van der Waals surface area contributed by atoms with E-state index in [4.69, 9.17) is 14.2 Å². The van der Waals surface area contributed by atoms with E-state index in [9.17, 15) is 9.90 Å². The third-order valence-electron chi connectivity index (χ3n) is 5.38. The Hall–Kier alpha value is -4.51. The number of carbonyl (C=O) groups is 1. The fourth-order valence-electron chi connectivity index (χ4n) is 3.63. The van der Waals surface area contributed by atoms with Crippen LogP contribution in [0.15, 0.2) is 77.0 Å². The Morgan fingerprint density at radius 2 is 1.87 bits per heavy atom. The summed E-state index contributed by atoms with van der Waals surface area (Å²) >= 11 is 1.24. The number of methoxy groups -OCH3 is 2. The van der Waals surface area contributed by atoms with Crippen molar-refractivity contribution < 1.29 is 28.7 Å². The van der Waals surface area contributed by atoms with E-state index in [1.165, 1.54) is 18.0 Å². The average molecular weight is 534 g/mol. The molecule has 11 heteroatoms. The largest absolute Gasteiger partial charge is 0.870 e. The van der Waals surface area contributed by atoms with Gasteiger partial charge in [0.05, 0.1) is 43.5 Å². The number of H-pyrrole nitrogens is 1. The average Bonchev–Trinajstić information content (AvgIpc) is 3.38. The number of rotatable bonds is 11. The molecule has 38 heavy (non-hydrogen) atoms. The summed E-state index contributed by atoms with van der Waals surface area (Å²) in [5, 5.41) is 24.4. The molecule has 4 aromatic rings. The second kappa shape index (κ2) is 12.6. The van der Waals surface area contributed by atoms with E-state index in [-0.39, 0.29) is 23.2 Å². The summed E-state index contributed by atoms with van der Waals surface area (Å²) in [4.78, 5) is 12.5. The number of hydrogen-bond donors (Lipinski definition) is 2. The third kappa shape index (κ3) is 6.06. The van der Waals surface area contributed by atoms with E-state index < -0.39 is 0 Å². The van der Waals surface area contributed by atoms with Gasteiger partial charge in [0.2, 0.25) is 0 Å². The Morgan fingerprint density at radius 1 is 1.08 bits per heavy atom. The maximum absolute atomic E-state index is 12.5. The van der Waals surface area contributed by atoms with Crippen LogP contribution in [0.5, 0.6) is 23.0 Å². The zero-order valence-electron chi connectivity index (χ0n) is 21.1. The van der Waals surface area contributed by atoms with Gasteiger partial charge in [-0.05, 0) is 60.6 Å². The molecule has 0 unspecified atom stereocenters. The number of ether oxygens (including phenoxy) is 3. The third-order valence-corrected chi connectivity index (χ3v) is 6.32. The predicted molar refractivity (Wildman–Crippen MR) is 142 cm³/mol. The Bertz CT molecular complexity index is 1420. The molecular weight excluding hydrogens is 506 g/mol. The van der Waals surface area contributed by atoms with E-state index >= 15 is 0 Å². The molecule has 10 nitrogen and oxygen atoms in total. The van der Waals surface area contributed by atoms with Crippen molar-refractivity contribution in [1.82, 2.24) is 15.6 Å². The molecule has 0 saturated carbocycles. The van der Waals surface area contributed by atoms with Crippen molar-refractivity contribution in [1.29, 1.82) is 0 Å². The number of para-hydroxylation sites is 2. The second-order valence-electron chi connectivity index (χ2n) is 7.78. The minimum absolute atomic E-state index is 0.0453. The highest BCUT2D eigenvalue weighted by molar-refractivity contribution is 7.99. The van der Waals surface area contributed by atoms with Crippen LogP contribution in [0, 0.1) is 0 Å². The van der Waals surface area contributed by atoms with Crippen LogP contribution in [0.25, 0.3) is 17.1 Å². The van der Waals surface area contributed by atoms with Crippen LogP contribution in [0.2, 0.25) is 0 Å². The van der Waals surface area contributed by atoms with Crippen molar-refractivity contribution in [2.24, 2.45) is 5.10 Å². The molecule has 2 N–H and O–H groups in total. The van der Waals surface area contributed by atoms with Crippen LogP contribution in [-0.2, 0) is 4.79 Å².